The van der Waals surface area contributed by atoms with Crippen LogP contribution in [-0.4, -0.2) is 15.0 Å². The first-order chi connectivity index (χ1) is 25.3. The van der Waals surface area contributed by atoms with Gasteiger partial charge >= 0.3 is 0 Å². The Kier molecular flexibility index (Phi) is 6.05. The second-order valence-corrected chi connectivity index (χ2v) is 13.8. The summed E-state index contributed by atoms with van der Waals surface area (Å²) in [5.74, 6) is 1.70. The van der Waals surface area contributed by atoms with Crippen molar-refractivity contribution < 1.29 is 8.83 Å². The number of benzene rings is 7. The van der Waals surface area contributed by atoms with Crippen molar-refractivity contribution in [1.82, 2.24) is 15.0 Å². The van der Waals surface area contributed by atoms with Crippen LogP contribution in [0.15, 0.2) is 160 Å². The van der Waals surface area contributed by atoms with Crippen molar-refractivity contribution in [3.8, 4) is 45.3 Å². The summed E-state index contributed by atoms with van der Waals surface area (Å²) in [6.07, 6.45) is 0. The molecule has 0 unspecified atom stereocenters. The summed E-state index contributed by atoms with van der Waals surface area (Å²) in [7, 11) is 0. The molecular formula is C45H25N3O2S. The van der Waals surface area contributed by atoms with Gasteiger partial charge in [-0.1, -0.05) is 109 Å². The number of hydrogen-bond donors (Lipinski definition) is 0. The van der Waals surface area contributed by atoms with E-state index < -0.39 is 0 Å². The molecule has 0 bridgehead atoms. The van der Waals surface area contributed by atoms with Gasteiger partial charge in [0.1, 0.15) is 22.3 Å². The molecule has 0 saturated heterocycles. The minimum atomic E-state index is 0.546. The minimum absolute atomic E-state index is 0.546. The third-order valence-electron chi connectivity index (χ3n) is 9.76. The van der Waals surface area contributed by atoms with Gasteiger partial charge in [0.05, 0.1) is 5.56 Å². The highest BCUT2D eigenvalue weighted by atomic mass is 32.1. The highest BCUT2D eigenvalue weighted by Gasteiger charge is 2.21. The first-order valence-corrected chi connectivity index (χ1v) is 17.7. The van der Waals surface area contributed by atoms with Gasteiger partial charge in [0, 0.05) is 52.8 Å². The number of thiophene rings is 1. The average Bonchev–Trinajstić information content (AvgIpc) is 3.89. The maximum absolute atomic E-state index is 6.49. The van der Waals surface area contributed by atoms with Gasteiger partial charge in [0.25, 0.3) is 0 Å². The average molecular weight is 672 g/mol. The zero-order chi connectivity index (χ0) is 33.5. The van der Waals surface area contributed by atoms with E-state index in [-0.39, 0.29) is 0 Å². The van der Waals surface area contributed by atoms with Crippen LogP contribution in [0.1, 0.15) is 0 Å². The van der Waals surface area contributed by atoms with Crippen molar-refractivity contribution in [2.75, 3.05) is 0 Å². The minimum Gasteiger partial charge on any atom is -0.456 e. The van der Waals surface area contributed by atoms with E-state index in [9.17, 15) is 0 Å². The molecule has 4 aromatic heterocycles. The highest BCUT2D eigenvalue weighted by Crippen LogP contribution is 2.43. The van der Waals surface area contributed by atoms with Crippen LogP contribution in [0.25, 0.3) is 109 Å². The standard InChI is InChI=1S/C45H25N3O2S/c1-2-11-26(12-3-1)43-46-44(48-45(47-43)33-18-8-16-30-29-13-4-6-19-35(29)50-42(30)33)32-17-9-20-37-40(32)34-25-27(23-24-36(34)49-37)28-15-10-22-39-41(28)31-14-5-7-21-38(31)51-39/h1-25H. The van der Waals surface area contributed by atoms with Crippen LogP contribution in [0.2, 0.25) is 0 Å². The molecule has 7 aromatic carbocycles. The molecule has 4 heterocycles. The largest absolute Gasteiger partial charge is 0.456 e. The molecule has 5 nitrogen and oxygen atoms in total. The topological polar surface area (TPSA) is 65.0 Å². The number of rotatable bonds is 4. The summed E-state index contributed by atoms with van der Waals surface area (Å²) < 4.78 is 15.5. The van der Waals surface area contributed by atoms with Crippen molar-refractivity contribution in [3.63, 3.8) is 0 Å². The monoisotopic (exact) mass is 671 g/mol. The molecule has 0 aliphatic rings. The van der Waals surface area contributed by atoms with E-state index in [1.807, 2.05) is 84.1 Å². The maximum atomic E-state index is 6.49. The fraction of sp³-hybridized carbons (Fsp3) is 0. The van der Waals surface area contributed by atoms with Crippen LogP contribution >= 0.6 is 11.3 Å². The first kappa shape index (κ1) is 28.2. The van der Waals surface area contributed by atoms with Crippen LogP contribution in [0.5, 0.6) is 0 Å². The molecule has 0 saturated carbocycles. The quantitative estimate of drug-likeness (QED) is 0.186. The maximum Gasteiger partial charge on any atom is 0.167 e. The number of para-hydroxylation sites is 2. The van der Waals surface area contributed by atoms with Crippen molar-refractivity contribution >= 4 is 75.4 Å². The first-order valence-electron chi connectivity index (χ1n) is 16.9. The fourth-order valence-electron chi connectivity index (χ4n) is 7.45. The molecule has 0 aliphatic carbocycles. The summed E-state index contributed by atoms with van der Waals surface area (Å²) >= 11 is 1.83. The van der Waals surface area contributed by atoms with Gasteiger partial charge in [-0.15, -0.1) is 11.3 Å². The molecule has 0 atom stereocenters. The van der Waals surface area contributed by atoms with E-state index in [4.69, 9.17) is 23.8 Å². The molecule has 0 N–H and O–H groups in total. The molecule has 0 radical (unpaired) electrons. The van der Waals surface area contributed by atoms with Crippen LogP contribution in [-0.2, 0) is 0 Å². The highest BCUT2D eigenvalue weighted by molar-refractivity contribution is 7.25. The Balaban J connectivity index is 1.16. The fourth-order valence-corrected chi connectivity index (χ4v) is 8.58. The normalized spacial score (nSPS) is 11.9. The number of hydrogen-bond acceptors (Lipinski definition) is 6. The SMILES string of the molecule is c1ccc(-c2nc(-c3cccc4c3oc3ccccc34)nc(-c3cccc4oc5ccc(-c6cccc7sc8ccccc8c67)cc5c34)n2)cc1. The molecule has 11 rings (SSSR count). The Morgan fingerprint density at radius 3 is 1.94 bits per heavy atom. The van der Waals surface area contributed by atoms with E-state index in [1.165, 1.54) is 25.7 Å². The summed E-state index contributed by atoms with van der Waals surface area (Å²) in [5, 5.41) is 6.61. The van der Waals surface area contributed by atoms with Gasteiger partial charge in [-0.3, -0.25) is 0 Å². The Hall–Kier alpha value is -6.63. The summed E-state index contributed by atoms with van der Waals surface area (Å²) in [4.78, 5) is 15.3. The Labute approximate surface area is 295 Å². The van der Waals surface area contributed by atoms with E-state index >= 15 is 0 Å². The molecule has 11 aromatic rings. The number of nitrogens with zero attached hydrogens (tertiary/aromatic N) is 3. The lowest BCUT2D eigenvalue weighted by atomic mass is 9.97. The van der Waals surface area contributed by atoms with Crippen molar-refractivity contribution in [2.24, 2.45) is 0 Å². The van der Waals surface area contributed by atoms with Gasteiger partial charge in [-0.25, -0.2) is 15.0 Å². The molecular weight excluding hydrogens is 647 g/mol. The van der Waals surface area contributed by atoms with E-state index in [2.05, 4.69) is 78.9 Å². The lowest BCUT2D eigenvalue weighted by Crippen LogP contribution is -2.00. The molecule has 51 heavy (non-hydrogen) atoms. The van der Waals surface area contributed by atoms with Crippen LogP contribution in [0, 0.1) is 0 Å². The zero-order valence-electron chi connectivity index (χ0n) is 27.0. The van der Waals surface area contributed by atoms with Gasteiger partial charge in [0.15, 0.2) is 17.5 Å². The Morgan fingerprint density at radius 2 is 1.02 bits per heavy atom. The third-order valence-corrected chi connectivity index (χ3v) is 10.9. The van der Waals surface area contributed by atoms with Crippen molar-refractivity contribution in [1.29, 1.82) is 0 Å². The van der Waals surface area contributed by atoms with E-state index in [0.29, 0.717) is 17.5 Å². The molecule has 0 aliphatic heterocycles. The van der Waals surface area contributed by atoms with E-state index in [1.54, 1.807) is 0 Å². The number of furan rings is 2. The smallest absolute Gasteiger partial charge is 0.167 e. The molecule has 0 amide bonds. The summed E-state index contributed by atoms with van der Waals surface area (Å²) in [5.41, 5.74) is 8.10. The van der Waals surface area contributed by atoms with Crippen molar-refractivity contribution in [3.05, 3.63) is 152 Å². The second-order valence-electron chi connectivity index (χ2n) is 12.7. The molecule has 238 valence electrons. The number of fused-ring (bicyclic) bond motifs is 9. The lowest BCUT2D eigenvalue weighted by Gasteiger charge is -2.10. The lowest BCUT2D eigenvalue weighted by molar-refractivity contribution is 0.668. The molecule has 0 fully saturated rings. The predicted molar refractivity (Wildman–Crippen MR) is 209 cm³/mol. The van der Waals surface area contributed by atoms with Gasteiger partial charge < -0.3 is 8.83 Å². The third kappa shape index (κ3) is 4.37. The second kappa shape index (κ2) is 10.9. The van der Waals surface area contributed by atoms with Crippen LogP contribution < -0.4 is 0 Å². The van der Waals surface area contributed by atoms with Gasteiger partial charge in [-0.2, -0.15) is 0 Å². The van der Waals surface area contributed by atoms with Crippen LogP contribution in [0.4, 0.5) is 0 Å². The van der Waals surface area contributed by atoms with E-state index in [0.717, 1.165) is 66.1 Å². The van der Waals surface area contributed by atoms with Crippen molar-refractivity contribution in [2.45, 2.75) is 0 Å². The van der Waals surface area contributed by atoms with Gasteiger partial charge in [-0.05, 0) is 53.6 Å². The van der Waals surface area contributed by atoms with Gasteiger partial charge in [0.2, 0.25) is 0 Å². The predicted octanol–water partition coefficient (Wildman–Crippen LogP) is 12.7. The Bertz CT molecular complexity index is 3160. The summed E-state index contributed by atoms with van der Waals surface area (Å²) in [6, 6.07) is 52.1. The summed E-state index contributed by atoms with van der Waals surface area (Å²) in [6.45, 7) is 0. The number of aromatic nitrogens is 3. The Morgan fingerprint density at radius 1 is 0.373 bits per heavy atom. The zero-order valence-corrected chi connectivity index (χ0v) is 27.8. The molecule has 6 heteroatoms. The van der Waals surface area contributed by atoms with Crippen LogP contribution in [0.3, 0.4) is 0 Å². The molecule has 0 spiro atoms.